The van der Waals surface area contributed by atoms with Crippen LogP contribution in [0.15, 0.2) is 59.8 Å². The Hall–Kier alpha value is -2.44. The molecule has 1 aromatic carbocycles. The molecule has 3 aromatic heterocycles. The third-order valence-corrected chi connectivity index (χ3v) is 7.85. The number of benzene rings is 1. The lowest BCUT2D eigenvalue weighted by Crippen LogP contribution is -2.36. The molecule has 0 N–H and O–H groups in total. The van der Waals surface area contributed by atoms with Gasteiger partial charge in [-0.15, -0.1) is 0 Å². The number of rotatable bonds is 5. The van der Waals surface area contributed by atoms with Crippen molar-refractivity contribution in [2.24, 2.45) is 0 Å². The number of halogens is 3. The third kappa shape index (κ3) is 4.34. The van der Waals surface area contributed by atoms with Crippen molar-refractivity contribution >= 4 is 47.0 Å². The van der Waals surface area contributed by atoms with Gasteiger partial charge in [0, 0.05) is 72.8 Å². The Morgan fingerprint density at radius 3 is 2.62 bits per heavy atom. The Bertz CT molecular complexity index is 1420. The predicted octanol–water partition coefficient (Wildman–Crippen LogP) is 5.44. The number of anilines is 1. The maximum absolute atomic E-state index is 13.7. The first-order valence-electron chi connectivity index (χ1n) is 10.8. The van der Waals surface area contributed by atoms with Gasteiger partial charge in [0.25, 0.3) is 5.56 Å². The Balaban J connectivity index is 1.54. The zero-order valence-electron chi connectivity index (χ0n) is 18.2. The van der Waals surface area contributed by atoms with Crippen LogP contribution in [0.2, 0.25) is 0 Å². The van der Waals surface area contributed by atoms with E-state index in [0.717, 1.165) is 53.1 Å². The zero-order chi connectivity index (χ0) is 23.8. The molecule has 0 radical (unpaired) electrons. The van der Waals surface area contributed by atoms with Crippen molar-refractivity contribution in [1.29, 1.82) is 0 Å². The summed E-state index contributed by atoms with van der Waals surface area (Å²) in [4.78, 5) is 20.0. The van der Waals surface area contributed by atoms with Gasteiger partial charge < -0.3 is 14.2 Å². The van der Waals surface area contributed by atoms with Gasteiger partial charge in [0.05, 0.1) is 31.1 Å². The monoisotopic (exact) mass is 594 g/mol. The highest BCUT2D eigenvalue weighted by Crippen LogP contribution is 2.35. The first-order valence-corrected chi connectivity index (χ1v) is 14.1. The normalized spacial score (nSPS) is 15.1. The molecule has 1 aliphatic rings. The highest BCUT2D eigenvalue weighted by atomic mass is 127. The SMILES string of the molecule is CC(c1ccc(F)c(F)c1)n1ccc(-c2cn(SI)c3ncc(N4CCOCC4)cc23)cc1=O. The minimum absolute atomic E-state index is 0.227. The fraction of sp³-hybridized carbons (Fsp3) is 0.250. The van der Waals surface area contributed by atoms with Crippen LogP contribution in [0.4, 0.5) is 14.5 Å². The van der Waals surface area contributed by atoms with E-state index >= 15 is 0 Å². The zero-order valence-corrected chi connectivity index (χ0v) is 21.2. The molecule has 4 heterocycles. The quantitative estimate of drug-likeness (QED) is 0.289. The lowest BCUT2D eigenvalue weighted by atomic mass is 10.1. The number of nitrogens with zero attached hydrogens (tertiary/aromatic N) is 4. The lowest BCUT2D eigenvalue weighted by molar-refractivity contribution is 0.122. The van der Waals surface area contributed by atoms with E-state index in [4.69, 9.17) is 9.72 Å². The number of fused-ring (bicyclic) bond motifs is 1. The molecule has 4 aromatic rings. The second-order valence-electron chi connectivity index (χ2n) is 8.11. The summed E-state index contributed by atoms with van der Waals surface area (Å²) in [7, 11) is 1.51. The number of ether oxygens (including phenoxy) is 1. The van der Waals surface area contributed by atoms with Crippen molar-refractivity contribution in [1.82, 2.24) is 13.5 Å². The minimum atomic E-state index is -0.929. The topological polar surface area (TPSA) is 52.3 Å². The minimum Gasteiger partial charge on any atom is -0.378 e. The van der Waals surface area contributed by atoms with Crippen LogP contribution >= 0.6 is 30.3 Å². The van der Waals surface area contributed by atoms with E-state index in [1.807, 2.05) is 22.4 Å². The fourth-order valence-electron chi connectivity index (χ4n) is 4.26. The van der Waals surface area contributed by atoms with E-state index in [-0.39, 0.29) is 5.56 Å². The summed E-state index contributed by atoms with van der Waals surface area (Å²) in [6.45, 7) is 4.77. The van der Waals surface area contributed by atoms with Crippen LogP contribution in [0.1, 0.15) is 18.5 Å². The van der Waals surface area contributed by atoms with E-state index in [0.29, 0.717) is 18.8 Å². The molecule has 1 saturated heterocycles. The van der Waals surface area contributed by atoms with Gasteiger partial charge in [-0.3, -0.25) is 8.77 Å². The molecule has 1 aliphatic heterocycles. The van der Waals surface area contributed by atoms with Crippen molar-refractivity contribution in [2.45, 2.75) is 13.0 Å². The van der Waals surface area contributed by atoms with Gasteiger partial charge in [-0.2, -0.15) is 0 Å². The Morgan fingerprint density at radius 1 is 1.12 bits per heavy atom. The number of morpholine rings is 1. The van der Waals surface area contributed by atoms with Crippen molar-refractivity contribution in [3.8, 4) is 11.1 Å². The van der Waals surface area contributed by atoms with E-state index in [1.165, 1.54) is 19.8 Å². The van der Waals surface area contributed by atoms with Gasteiger partial charge in [0.2, 0.25) is 0 Å². The van der Waals surface area contributed by atoms with Crippen LogP contribution in [0.3, 0.4) is 0 Å². The van der Waals surface area contributed by atoms with Crippen LogP contribution in [-0.4, -0.2) is 39.8 Å². The number of hydrogen-bond acceptors (Lipinski definition) is 5. The number of hydrogen-bond donors (Lipinski definition) is 0. The highest BCUT2D eigenvalue weighted by Gasteiger charge is 2.18. The smallest absolute Gasteiger partial charge is 0.251 e. The summed E-state index contributed by atoms with van der Waals surface area (Å²) < 4.78 is 36.0. The van der Waals surface area contributed by atoms with Crippen LogP contribution in [0.25, 0.3) is 22.2 Å². The molecule has 176 valence electrons. The van der Waals surface area contributed by atoms with E-state index in [9.17, 15) is 13.6 Å². The summed E-state index contributed by atoms with van der Waals surface area (Å²) >= 11 is 2.21. The molecule has 0 bridgehead atoms. The van der Waals surface area contributed by atoms with Gasteiger partial charge >= 0.3 is 0 Å². The molecule has 0 spiro atoms. The van der Waals surface area contributed by atoms with Crippen molar-refractivity contribution in [2.75, 3.05) is 31.2 Å². The van der Waals surface area contributed by atoms with Crippen molar-refractivity contribution in [3.05, 3.63) is 82.5 Å². The molecule has 6 nitrogen and oxygen atoms in total. The molecule has 34 heavy (non-hydrogen) atoms. The van der Waals surface area contributed by atoms with Gasteiger partial charge in [-0.05, 0) is 42.3 Å². The van der Waals surface area contributed by atoms with Crippen LogP contribution < -0.4 is 10.5 Å². The number of aromatic nitrogens is 3. The Labute approximate surface area is 211 Å². The molecule has 1 unspecified atom stereocenters. The molecule has 1 atom stereocenters. The number of pyridine rings is 2. The fourth-order valence-corrected chi connectivity index (χ4v) is 5.51. The maximum atomic E-state index is 13.7. The Kier molecular flexibility index (Phi) is 6.63. The summed E-state index contributed by atoms with van der Waals surface area (Å²) in [5.74, 6) is -1.84. The van der Waals surface area contributed by atoms with Gasteiger partial charge in [0.15, 0.2) is 17.3 Å². The van der Waals surface area contributed by atoms with Gasteiger partial charge in [-0.1, -0.05) is 6.07 Å². The molecule has 0 amide bonds. The van der Waals surface area contributed by atoms with E-state index < -0.39 is 17.7 Å². The van der Waals surface area contributed by atoms with Gasteiger partial charge in [-0.25, -0.2) is 13.8 Å². The largest absolute Gasteiger partial charge is 0.378 e. The first kappa shape index (κ1) is 23.3. The standard InChI is InChI=1S/C24H21F2IN4O2S/c1-15(16-2-3-21(25)22(26)10-16)30-5-4-17(11-23(30)32)20-14-31(34-27)24-19(20)12-18(13-28-24)29-6-8-33-9-7-29/h2-5,10-15H,6-9H2,1H3. The molecular weight excluding hydrogens is 573 g/mol. The molecule has 1 fully saturated rings. The average Bonchev–Trinajstić information content (AvgIpc) is 3.24. The molecule has 0 saturated carbocycles. The predicted molar refractivity (Wildman–Crippen MR) is 140 cm³/mol. The highest BCUT2D eigenvalue weighted by molar-refractivity contribution is 14.2. The molecule has 0 aliphatic carbocycles. The maximum Gasteiger partial charge on any atom is 0.251 e. The van der Waals surface area contributed by atoms with E-state index in [2.05, 4.69) is 32.2 Å². The second-order valence-corrected chi connectivity index (χ2v) is 9.83. The summed E-state index contributed by atoms with van der Waals surface area (Å²) in [6, 6.07) is 8.82. The molecular formula is C24H21F2IN4O2S. The van der Waals surface area contributed by atoms with Crippen LogP contribution in [0.5, 0.6) is 0 Å². The summed E-state index contributed by atoms with van der Waals surface area (Å²) in [5.41, 5.74) is 3.82. The Morgan fingerprint density at radius 2 is 1.91 bits per heavy atom. The first-order chi connectivity index (χ1) is 16.5. The lowest BCUT2D eigenvalue weighted by Gasteiger charge is -2.28. The van der Waals surface area contributed by atoms with Gasteiger partial charge in [0.1, 0.15) is 0 Å². The van der Waals surface area contributed by atoms with E-state index in [1.54, 1.807) is 19.2 Å². The third-order valence-electron chi connectivity index (χ3n) is 6.15. The average molecular weight is 594 g/mol. The molecule has 5 rings (SSSR count). The van der Waals surface area contributed by atoms with Crippen molar-refractivity contribution < 1.29 is 13.5 Å². The summed E-state index contributed by atoms with van der Waals surface area (Å²) in [6.07, 6.45) is 5.56. The molecule has 10 heteroatoms. The summed E-state index contributed by atoms with van der Waals surface area (Å²) in [5, 5.41) is 0.957. The van der Waals surface area contributed by atoms with Crippen LogP contribution in [-0.2, 0) is 4.74 Å². The second kappa shape index (κ2) is 9.67. The van der Waals surface area contributed by atoms with Crippen molar-refractivity contribution in [3.63, 3.8) is 0 Å². The van der Waals surface area contributed by atoms with Crippen LogP contribution in [0, 0.1) is 11.6 Å².